The Balaban J connectivity index is 1.79. The first-order chi connectivity index (χ1) is 13.2. The number of hydrogen-bond donors (Lipinski definition) is 3. The minimum absolute atomic E-state index is 0.204. The summed E-state index contributed by atoms with van der Waals surface area (Å²) in [6, 6.07) is 12.0. The Labute approximate surface area is 165 Å². The topological polar surface area (TPSA) is 122 Å². The van der Waals surface area contributed by atoms with Crippen LogP contribution in [0.1, 0.15) is 22.8 Å². The Hall–Kier alpha value is -3.39. The van der Waals surface area contributed by atoms with Crippen molar-refractivity contribution >= 4 is 41.0 Å². The Kier molecular flexibility index (Phi) is 5.06. The van der Waals surface area contributed by atoms with E-state index < -0.39 is 35.8 Å². The largest absolute Gasteiger partial charge is 0.366 e. The quantitative estimate of drug-likeness (QED) is 0.663. The summed E-state index contributed by atoms with van der Waals surface area (Å²) in [7, 11) is 0. The Bertz CT molecular complexity index is 993. The van der Waals surface area contributed by atoms with Gasteiger partial charge in [-0.05, 0) is 36.8 Å². The third-order valence-electron chi connectivity index (χ3n) is 4.45. The van der Waals surface area contributed by atoms with Crippen molar-refractivity contribution in [3.05, 3.63) is 64.7 Å². The van der Waals surface area contributed by atoms with E-state index in [0.717, 1.165) is 4.90 Å². The minimum Gasteiger partial charge on any atom is -0.366 e. The lowest BCUT2D eigenvalue weighted by Gasteiger charge is -2.22. The van der Waals surface area contributed by atoms with E-state index in [4.69, 9.17) is 17.3 Å². The second kappa shape index (κ2) is 7.32. The van der Waals surface area contributed by atoms with Gasteiger partial charge in [-0.25, -0.2) is 4.79 Å². The van der Waals surface area contributed by atoms with Gasteiger partial charge >= 0.3 is 6.03 Å². The van der Waals surface area contributed by atoms with Crippen molar-refractivity contribution < 1.29 is 19.2 Å². The van der Waals surface area contributed by atoms with Crippen molar-refractivity contribution in [3.63, 3.8) is 0 Å². The average Bonchev–Trinajstić information content (AvgIpc) is 2.88. The number of nitrogens with one attached hydrogen (secondary N) is 2. The van der Waals surface area contributed by atoms with Crippen LogP contribution < -0.4 is 16.4 Å². The van der Waals surface area contributed by atoms with Gasteiger partial charge in [0.15, 0.2) is 0 Å². The number of rotatable bonds is 5. The number of para-hydroxylation sites is 1. The Morgan fingerprint density at radius 1 is 1.18 bits per heavy atom. The number of primary amides is 1. The van der Waals surface area contributed by atoms with Gasteiger partial charge in [-0.1, -0.05) is 35.9 Å². The fraction of sp³-hybridized carbons (Fsp3) is 0.158. The highest BCUT2D eigenvalue weighted by molar-refractivity contribution is 6.33. The molecular weight excluding hydrogens is 384 g/mol. The van der Waals surface area contributed by atoms with Gasteiger partial charge in [0.2, 0.25) is 11.8 Å². The van der Waals surface area contributed by atoms with Gasteiger partial charge in [-0.15, -0.1) is 0 Å². The van der Waals surface area contributed by atoms with Crippen molar-refractivity contribution in [1.29, 1.82) is 0 Å². The first-order valence-electron chi connectivity index (χ1n) is 8.31. The summed E-state index contributed by atoms with van der Waals surface area (Å²) < 4.78 is 0. The lowest BCUT2D eigenvalue weighted by molar-refractivity contribution is -0.133. The van der Waals surface area contributed by atoms with Gasteiger partial charge in [0.25, 0.3) is 5.91 Å². The molecule has 2 aromatic carbocycles. The summed E-state index contributed by atoms with van der Waals surface area (Å²) in [5.41, 5.74) is 4.82. The molecule has 0 saturated carbocycles. The highest BCUT2D eigenvalue weighted by Crippen LogP contribution is 2.29. The van der Waals surface area contributed by atoms with Gasteiger partial charge in [0, 0.05) is 5.56 Å². The smallest absolute Gasteiger partial charge is 0.325 e. The highest BCUT2D eigenvalue weighted by Gasteiger charge is 2.49. The summed E-state index contributed by atoms with van der Waals surface area (Å²) in [5, 5.41) is 5.47. The number of anilines is 1. The molecule has 0 unspecified atom stereocenters. The fourth-order valence-electron chi connectivity index (χ4n) is 2.92. The second-order valence-electron chi connectivity index (χ2n) is 6.42. The number of nitrogens with zero attached hydrogens (tertiary/aromatic N) is 1. The van der Waals surface area contributed by atoms with E-state index in [1.54, 1.807) is 36.4 Å². The normalized spacial score (nSPS) is 18.7. The van der Waals surface area contributed by atoms with Crippen LogP contribution in [0.5, 0.6) is 0 Å². The van der Waals surface area contributed by atoms with Crippen molar-refractivity contribution in [2.45, 2.75) is 12.5 Å². The second-order valence-corrected chi connectivity index (χ2v) is 6.83. The van der Waals surface area contributed by atoms with Crippen LogP contribution in [0.2, 0.25) is 5.02 Å². The summed E-state index contributed by atoms with van der Waals surface area (Å²) in [6.07, 6.45) is 0. The van der Waals surface area contributed by atoms with Crippen molar-refractivity contribution in [2.24, 2.45) is 5.73 Å². The molecule has 4 N–H and O–H groups in total. The molecule has 0 aromatic heterocycles. The number of carbonyl (C=O) groups excluding carboxylic acids is 4. The SMILES string of the molecule is C[C@]1(c2cccc(C(N)=O)c2)NC(=O)N(CC(=O)Nc2ccccc2Cl)C1=O. The Morgan fingerprint density at radius 3 is 2.57 bits per heavy atom. The maximum atomic E-state index is 12.9. The zero-order chi connectivity index (χ0) is 20.5. The van der Waals surface area contributed by atoms with Gasteiger partial charge < -0.3 is 16.4 Å². The molecule has 28 heavy (non-hydrogen) atoms. The maximum Gasteiger partial charge on any atom is 0.325 e. The van der Waals surface area contributed by atoms with Crippen LogP contribution in [0.15, 0.2) is 48.5 Å². The van der Waals surface area contributed by atoms with Crippen molar-refractivity contribution in [3.8, 4) is 0 Å². The third-order valence-corrected chi connectivity index (χ3v) is 4.78. The van der Waals surface area contributed by atoms with Crippen LogP contribution in [-0.4, -0.2) is 35.2 Å². The highest BCUT2D eigenvalue weighted by atomic mass is 35.5. The molecule has 1 aliphatic rings. The molecule has 1 fully saturated rings. The molecule has 0 spiro atoms. The van der Waals surface area contributed by atoms with Crippen LogP contribution in [-0.2, 0) is 15.1 Å². The lowest BCUT2D eigenvalue weighted by Crippen LogP contribution is -2.42. The first-order valence-corrected chi connectivity index (χ1v) is 8.69. The number of nitrogens with two attached hydrogens (primary N) is 1. The number of benzene rings is 2. The molecule has 1 heterocycles. The number of amides is 5. The summed E-state index contributed by atoms with van der Waals surface area (Å²) >= 11 is 6.00. The molecule has 0 radical (unpaired) electrons. The molecule has 1 saturated heterocycles. The molecule has 5 amide bonds. The zero-order valence-corrected chi connectivity index (χ0v) is 15.6. The van der Waals surface area contributed by atoms with Gasteiger partial charge in [0.1, 0.15) is 12.1 Å². The fourth-order valence-corrected chi connectivity index (χ4v) is 3.10. The van der Waals surface area contributed by atoms with Crippen LogP contribution in [0.25, 0.3) is 0 Å². The average molecular weight is 401 g/mol. The molecular formula is C19H17ClN4O4. The predicted octanol–water partition coefficient (Wildman–Crippen LogP) is 1.84. The summed E-state index contributed by atoms with van der Waals surface area (Å²) in [4.78, 5) is 49.7. The van der Waals surface area contributed by atoms with E-state index in [0.29, 0.717) is 16.3 Å². The van der Waals surface area contributed by atoms with Gasteiger partial charge in [0.05, 0.1) is 10.7 Å². The van der Waals surface area contributed by atoms with Crippen LogP contribution in [0.4, 0.5) is 10.5 Å². The molecule has 9 heteroatoms. The van der Waals surface area contributed by atoms with E-state index >= 15 is 0 Å². The monoisotopic (exact) mass is 400 g/mol. The van der Waals surface area contributed by atoms with Crippen molar-refractivity contribution in [2.75, 3.05) is 11.9 Å². The minimum atomic E-state index is -1.42. The summed E-state index contributed by atoms with van der Waals surface area (Å²) in [5.74, 6) is -1.85. The van der Waals surface area contributed by atoms with Crippen molar-refractivity contribution in [1.82, 2.24) is 10.2 Å². The molecule has 0 bridgehead atoms. The van der Waals surface area contributed by atoms with Crippen LogP contribution in [0.3, 0.4) is 0 Å². The first kappa shape index (κ1) is 19.4. The standard InChI is InChI=1S/C19H17ClN4O4/c1-19(12-6-4-5-11(9-12)16(21)26)17(27)24(18(28)23-19)10-15(25)22-14-8-3-2-7-13(14)20/h2-9H,10H2,1H3,(H2,21,26)(H,22,25)(H,23,28)/t19-/m1/s1. The number of hydrogen-bond acceptors (Lipinski definition) is 4. The van der Waals surface area contributed by atoms with E-state index in [9.17, 15) is 19.2 Å². The third kappa shape index (κ3) is 3.54. The molecule has 2 aromatic rings. The van der Waals surface area contributed by atoms with Gasteiger partial charge in [-0.2, -0.15) is 0 Å². The van der Waals surface area contributed by atoms with E-state index in [-0.39, 0.29) is 5.56 Å². The zero-order valence-electron chi connectivity index (χ0n) is 14.9. The van der Waals surface area contributed by atoms with Crippen LogP contribution >= 0.6 is 11.6 Å². The van der Waals surface area contributed by atoms with Gasteiger partial charge in [-0.3, -0.25) is 19.3 Å². The van der Waals surface area contributed by atoms with E-state index in [1.165, 1.54) is 19.1 Å². The van der Waals surface area contributed by atoms with Crippen LogP contribution in [0, 0.1) is 0 Å². The Morgan fingerprint density at radius 2 is 1.89 bits per heavy atom. The number of urea groups is 1. The molecule has 1 atom stereocenters. The molecule has 8 nitrogen and oxygen atoms in total. The number of imide groups is 1. The number of carbonyl (C=O) groups is 4. The molecule has 0 aliphatic carbocycles. The molecule has 3 rings (SSSR count). The lowest BCUT2D eigenvalue weighted by atomic mass is 9.90. The molecule has 144 valence electrons. The predicted molar refractivity (Wildman–Crippen MR) is 103 cm³/mol. The summed E-state index contributed by atoms with van der Waals surface area (Å²) in [6.45, 7) is 1.01. The maximum absolute atomic E-state index is 12.9. The number of halogens is 1. The van der Waals surface area contributed by atoms with E-state index in [1.807, 2.05) is 0 Å². The van der Waals surface area contributed by atoms with E-state index in [2.05, 4.69) is 10.6 Å². The molecule has 1 aliphatic heterocycles.